The van der Waals surface area contributed by atoms with Crippen LogP contribution in [0, 0.1) is 5.92 Å². The van der Waals surface area contributed by atoms with Crippen molar-refractivity contribution in [1.82, 2.24) is 30.6 Å². The molecule has 5 aliphatic rings. The molecule has 1 saturated carbocycles. The predicted octanol–water partition coefficient (Wildman–Crippen LogP) is 4.88. The number of methoxy groups -OCH3 is 1. The Morgan fingerprint density at radius 3 is 2.35 bits per heavy atom. The number of hydrogen-bond acceptors (Lipinski definition) is 13. The summed E-state index contributed by atoms with van der Waals surface area (Å²) in [5.74, 6) is 1.74. The van der Waals surface area contributed by atoms with Crippen LogP contribution in [-0.2, 0) is 14.4 Å². The van der Waals surface area contributed by atoms with Crippen LogP contribution in [0.5, 0.6) is 5.75 Å². The second kappa shape index (κ2) is 18.4. The maximum absolute atomic E-state index is 13.4. The highest BCUT2D eigenvalue weighted by atomic mass is 16.5. The van der Waals surface area contributed by atoms with Crippen LogP contribution >= 0.6 is 0 Å². The SMILES string of the molecule is COc1cc(C(=O)NN2CCC(N3CCC(CCNc4ccc(NC5CCC(=O)NC5=O)cc4)CC3)CC2)ccc1Nc1ncc2c(n1)N(C1CCCC1)[C@H](C)C(=O)N2C. The van der Waals surface area contributed by atoms with E-state index in [1.165, 1.54) is 12.8 Å². The smallest absolute Gasteiger partial charge is 0.265 e. The van der Waals surface area contributed by atoms with Gasteiger partial charge in [-0.2, -0.15) is 4.98 Å². The van der Waals surface area contributed by atoms with E-state index in [0.717, 1.165) is 94.9 Å². The maximum Gasteiger partial charge on any atom is 0.265 e. The zero-order chi connectivity index (χ0) is 41.8. The van der Waals surface area contributed by atoms with Crippen LogP contribution in [0.4, 0.5) is 34.5 Å². The lowest BCUT2D eigenvalue weighted by Crippen LogP contribution is -2.54. The normalized spacial score (nSPS) is 22.4. The Morgan fingerprint density at radius 1 is 0.900 bits per heavy atom. The third-order valence-corrected chi connectivity index (χ3v) is 13.1. The van der Waals surface area contributed by atoms with Gasteiger partial charge in [0.25, 0.3) is 5.91 Å². The summed E-state index contributed by atoms with van der Waals surface area (Å²) in [7, 11) is 3.36. The Hall–Kier alpha value is -5.48. The van der Waals surface area contributed by atoms with Gasteiger partial charge in [-0.05, 0) is 120 Å². The molecule has 320 valence electrons. The number of aromatic nitrogens is 2. The molecule has 3 saturated heterocycles. The molecule has 2 atom stereocenters. The number of benzene rings is 2. The second-order valence-electron chi connectivity index (χ2n) is 16.9. The Bertz CT molecular complexity index is 2030. The van der Waals surface area contributed by atoms with E-state index in [9.17, 15) is 19.2 Å². The highest BCUT2D eigenvalue weighted by Crippen LogP contribution is 2.40. The molecule has 0 radical (unpaired) electrons. The van der Waals surface area contributed by atoms with E-state index in [1.807, 2.05) is 42.3 Å². The second-order valence-corrected chi connectivity index (χ2v) is 16.9. The molecule has 60 heavy (non-hydrogen) atoms. The van der Waals surface area contributed by atoms with Crippen LogP contribution in [0.2, 0.25) is 0 Å². The zero-order valence-electron chi connectivity index (χ0n) is 35.0. The number of hydrogen-bond donors (Lipinski definition) is 5. The number of amides is 4. The number of carbonyl (C=O) groups excluding carboxylic acids is 4. The van der Waals surface area contributed by atoms with Crippen LogP contribution in [0.25, 0.3) is 0 Å². The van der Waals surface area contributed by atoms with Gasteiger partial charge in [0.05, 0.1) is 19.0 Å². The topological polar surface area (TPSA) is 176 Å². The first-order valence-corrected chi connectivity index (χ1v) is 21.8. The van der Waals surface area contributed by atoms with E-state index < -0.39 is 0 Å². The van der Waals surface area contributed by atoms with E-state index in [1.54, 1.807) is 37.4 Å². The van der Waals surface area contributed by atoms with Gasteiger partial charge in [0.1, 0.15) is 23.5 Å². The van der Waals surface area contributed by atoms with E-state index in [2.05, 4.69) is 41.5 Å². The van der Waals surface area contributed by atoms with Crippen molar-refractivity contribution in [3.63, 3.8) is 0 Å². The molecule has 0 bridgehead atoms. The van der Waals surface area contributed by atoms with Gasteiger partial charge in [0.15, 0.2) is 5.82 Å². The third-order valence-electron chi connectivity index (χ3n) is 13.1. The summed E-state index contributed by atoms with van der Waals surface area (Å²) in [4.78, 5) is 65.9. The number of hydrazine groups is 1. The molecule has 1 unspecified atom stereocenters. The number of nitrogens with zero attached hydrogens (tertiary/aromatic N) is 6. The minimum Gasteiger partial charge on any atom is -0.495 e. The number of nitrogens with one attached hydrogen (secondary N) is 5. The molecule has 5 heterocycles. The van der Waals surface area contributed by atoms with Gasteiger partial charge in [-0.25, -0.2) is 9.99 Å². The average Bonchev–Trinajstić information content (AvgIpc) is 3.80. The summed E-state index contributed by atoms with van der Waals surface area (Å²) < 4.78 is 5.72. The van der Waals surface area contributed by atoms with Crippen molar-refractivity contribution in [2.45, 2.75) is 102 Å². The van der Waals surface area contributed by atoms with Gasteiger partial charge in [0, 0.05) is 62.1 Å². The quantitative estimate of drug-likeness (QED) is 0.148. The molecule has 5 N–H and O–H groups in total. The van der Waals surface area contributed by atoms with Crippen molar-refractivity contribution in [3.8, 4) is 5.75 Å². The molecule has 4 fully saturated rings. The van der Waals surface area contributed by atoms with Gasteiger partial charge in [-0.1, -0.05) is 12.8 Å². The van der Waals surface area contributed by atoms with E-state index >= 15 is 0 Å². The number of rotatable bonds is 13. The number of likely N-dealkylation sites (N-methyl/N-ethyl adjacent to an activating group) is 1. The first kappa shape index (κ1) is 41.3. The lowest BCUT2D eigenvalue weighted by Gasteiger charge is -2.42. The largest absolute Gasteiger partial charge is 0.495 e. The van der Waals surface area contributed by atoms with Crippen LogP contribution in [0.1, 0.15) is 87.9 Å². The van der Waals surface area contributed by atoms with Crippen molar-refractivity contribution >= 4 is 58.1 Å². The van der Waals surface area contributed by atoms with Crippen LogP contribution < -0.4 is 41.2 Å². The van der Waals surface area contributed by atoms with E-state index in [4.69, 9.17) is 9.72 Å². The Labute approximate surface area is 352 Å². The molecular formula is C44H59N11O5. The molecule has 1 aliphatic carbocycles. The van der Waals surface area contributed by atoms with Crippen molar-refractivity contribution in [1.29, 1.82) is 0 Å². The summed E-state index contributed by atoms with van der Waals surface area (Å²) in [6, 6.07) is 13.4. The summed E-state index contributed by atoms with van der Waals surface area (Å²) in [5, 5.41) is 14.5. The third kappa shape index (κ3) is 9.29. The molecule has 16 heteroatoms. The summed E-state index contributed by atoms with van der Waals surface area (Å²) in [6.45, 7) is 6.67. The minimum absolute atomic E-state index is 0.0429. The molecule has 2 aromatic carbocycles. The fourth-order valence-electron chi connectivity index (χ4n) is 9.58. The van der Waals surface area contributed by atoms with Gasteiger partial charge in [0.2, 0.25) is 23.7 Å². The van der Waals surface area contributed by atoms with E-state index in [0.29, 0.717) is 53.4 Å². The first-order chi connectivity index (χ1) is 29.1. The molecule has 16 nitrogen and oxygen atoms in total. The number of carbonyl (C=O) groups is 4. The number of imide groups is 1. The minimum atomic E-state index is -0.384. The van der Waals surface area contributed by atoms with Crippen molar-refractivity contribution in [2.24, 2.45) is 5.92 Å². The lowest BCUT2D eigenvalue weighted by molar-refractivity contribution is -0.133. The Morgan fingerprint density at radius 2 is 1.63 bits per heavy atom. The predicted molar refractivity (Wildman–Crippen MR) is 232 cm³/mol. The Balaban J connectivity index is 0.765. The number of anilines is 6. The van der Waals surface area contributed by atoms with Crippen molar-refractivity contribution < 1.29 is 23.9 Å². The fourth-order valence-corrected chi connectivity index (χ4v) is 9.58. The maximum atomic E-state index is 13.4. The average molecular weight is 822 g/mol. The molecule has 3 aromatic rings. The fraction of sp³-hybridized carbons (Fsp3) is 0.545. The molecule has 0 spiro atoms. The van der Waals surface area contributed by atoms with Crippen LogP contribution in [0.3, 0.4) is 0 Å². The van der Waals surface area contributed by atoms with Gasteiger partial charge in [-0.15, -0.1) is 0 Å². The molecule has 8 rings (SSSR count). The highest BCUT2D eigenvalue weighted by molar-refractivity contribution is 6.04. The molecule has 4 aliphatic heterocycles. The first-order valence-electron chi connectivity index (χ1n) is 21.8. The highest BCUT2D eigenvalue weighted by Gasteiger charge is 2.40. The number of ether oxygens (including phenoxy) is 1. The summed E-state index contributed by atoms with van der Waals surface area (Å²) in [6.07, 6.45) is 12.5. The number of likely N-dealkylation sites (tertiary alicyclic amines) is 1. The summed E-state index contributed by atoms with van der Waals surface area (Å²) in [5.41, 5.74) is 6.89. The van der Waals surface area contributed by atoms with E-state index in [-0.39, 0.29) is 41.8 Å². The number of fused-ring (bicyclic) bond motifs is 1. The molecular weight excluding hydrogens is 763 g/mol. The molecule has 4 amide bonds. The van der Waals surface area contributed by atoms with Crippen LogP contribution in [0.15, 0.2) is 48.7 Å². The van der Waals surface area contributed by atoms with Crippen molar-refractivity contribution in [3.05, 3.63) is 54.2 Å². The Kier molecular flexibility index (Phi) is 12.7. The van der Waals surface area contributed by atoms with Crippen LogP contribution in [-0.4, -0.2) is 115 Å². The monoisotopic (exact) mass is 821 g/mol. The summed E-state index contributed by atoms with van der Waals surface area (Å²) >= 11 is 0. The standard InChI is InChI=1S/C44H59N11O5/c1-28-43(59)52(2)37-27-46-44(50-40(37)55(28)34-6-4-5-7-34)48-35-13-8-30(26-38(35)60-3)41(57)51-54-24-19-33(20-25-54)53-22-17-29(18-23-53)16-21-45-31-9-11-32(12-10-31)47-36-14-15-39(56)49-42(36)58/h8-13,26-29,33-34,36,45,47H,4-7,14-25H2,1-3H3,(H,51,57)(H,46,48,50)(H,49,56,58)/t28-,36?/m1/s1. The zero-order valence-corrected chi connectivity index (χ0v) is 35.0. The van der Waals surface area contributed by atoms with Crippen molar-refractivity contribution in [2.75, 3.05) is 72.6 Å². The molecule has 1 aromatic heterocycles. The van der Waals surface area contributed by atoms with Gasteiger partial charge >= 0.3 is 0 Å². The van der Waals surface area contributed by atoms with Gasteiger partial charge in [-0.3, -0.25) is 29.9 Å². The van der Waals surface area contributed by atoms with Gasteiger partial charge < -0.3 is 35.4 Å². The lowest BCUT2D eigenvalue weighted by atomic mass is 9.91. The number of piperidine rings is 3.